The molecule has 26 heavy (non-hydrogen) atoms. The van der Waals surface area contributed by atoms with Crippen LogP contribution in [-0.2, 0) is 4.79 Å². The summed E-state index contributed by atoms with van der Waals surface area (Å²) in [6.07, 6.45) is 1.48. The highest BCUT2D eigenvalue weighted by atomic mass is 32.2. The summed E-state index contributed by atoms with van der Waals surface area (Å²) in [7, 11) is 0. The lowest BCUT2D eigenvalue weighted by molar-refractivity contribution is -0.123. The van der Waals surface area contributed by atoms with Crippen LogP contribution < -0.4 is 5.43 Å². The number of hydrogen-bond acceptors (Lipinski definition) is 7. The highest BCUT2D eigenvalue weighted by molar-refractivity contribution is 8.26. The molecule has 1 saturated heterocycles. The van der Waals surface area contributed by atoms with E-state index in [2.05, 4.69) is 5.43 Å². The highest BCUT2D eigenvalue weighted by Gasteiger charge is 2.34. The number of carbonyl (C=O) groups is 2. The van der Waals surface area contributed by atoms with Crippen molar-refractivity contribution in [3.8, 4) is 17.2 Å². The Hall–Kier alpha value is -3.04. The maximum absolute atomic E-state index is 12.5. The van der Waals surface area contributed by atoms with Crippen molar-refractivity contribution in [2.24, 2.45) is 0 Å². The third kappa shape index (κ3) is 3.48. The molecule has 2 amide bonds. The maximum Gasteiger partial charge on any atom is 0.285 e. The van der Waals surface area contributed by atoms with E-state index in [1.165, 1.54) is 36.4 Å². The summed E-state index contributed by atoms with van der Waals surface area (Å²) in [5.74, 6) is -2.03. The van der Waals surface area contributed by atoms with E-state index < -0.39 is 11.8 Å². The molecule has 7 nitrogen and oxygen atoms in total. The van der Waals surface area contributed by atoms with Crippen molar-refractivity contribution in [3.63, 3.8) is 0 Å². The summed E-state index contributed by atoms with van der Waals surface area (Å²) >= 11 is 6.09. The van der Waals surface area contributed by atoms with E-state index in [0.29, 0.717) is 5.56 Å². The van der Waals surface area contributed by atoms with Crippen LogP contribution in [0.15, 0.2) is 47.4 Å². The minimum Gasteiger partial charge on any atom is -0.507 e. The number of nitrogens with one attached hydrogen (secondary N) is 1. The summed E-state index contributed by atoms with van der Waals surface area (Å²) < 4.78 is 0.119. The lowest BCUT2D eigenvalue weighted by atomic mass is 10.2. The van der Waals surface area contributed by atoms with Gasteiger partial charge in [0.25, 0.3) is 11.8 Å². The largest absolute Gasteiger partial charge is 0.507 e. The fourth-order valence-electron chi connectivity index (χ4n) is 2.17. The fraction of sp³-hybridized carbons (Fsp3) is 0. The summed E-state index contributed by atoms with van der Waals surface area (Å²) in [6.45, 7) is 0. The first-order valence-electron chi connectivity index (χ1n) is 7.25. The molecule has 0 aromatic heterocycles. The summed E-state index contributed by atoms with van der Waals surface area (Å²) in [6, 6.07) is 10.0. The normalized spacial score (nSPS) is 15.5. The van der Waals surface area contributed by atoms with Crippen LogP contribution in [0.4, 0.5) is 0 Å². The van der Waals surface area contributed by atoms with E-state index in [-0.39, 0.29) is 32.0 Å². The Kier molecular flexibility index (Phi) is 4.83. The van der Waals surface area contributed by atoms with E-state index >= 15 is 0 Å². The van der Waals surface area contributed by atoms with Gasteiger partial charge in [-0.2, -0.15) is 5.01 Å². The van der Waals surface area contributed by atoms with Crippen LogP contribution in [0.2, 0.25) is 0 Å². The Balaban J connectivity index is 1.80. The van der Waals surface area contributed by atoms with Gasteiger partial charge in [-0.05, 0) is 48.1 Å². The number of thioether (sulfide) groups is 1. The second kappa shape index (κ2) is 7.06. The van der Waals surface area contributed by atoms with E-state index in [1.54, 1.807) is 12.1 Å². The van der Waals surface area contributed by atoms with Gasteiger partial charge in [0.2, 0.25) is 0 Å². The topological polar surface area (TPSA) is 110 Å². The van der Waals surface area contributed by atoms with E-state index in [9.17, 15) is 24.9 Å². The molecule has 1 aliphatic heterocycles. The first-order chi connectivity index (χ1) is 12.4. The molecule has 0 spiro atoms. The molecule has 2 aromatic carbocycles. The molecule has 0 aliphatic carbocycles. The van der Waals surface area contributed by atoms with Crippen molar-refractivity contribution < 1.29 is 24.9 Å². The maximum atomic E-state index is 12.5. The summed E-state index contributed by atoms with van der Waals surface area (Å²) in [5.41, 5.74) is 2.85. The molecule has 1 fully saturated rings. The Morgan fingerprint density at radius 3 is 2.50 bits per heavy atom. The van der Waals surface area contributed by atoms with Crippen molar-refractivity contribution in [3.05, 3.63) is 58.5 Å². The van der Waals surface area contributed by atoms with Gasteiger partial charge in [0.1, 0.15) is 5.75 Å². The smallest absolute Gasteiger partial charge is 0.285 e. The van der Waals surface area contributed by atoms with Crippen LogP contribution in [0.25, 0.3) is 6.08 Å². The van der Waals surface area contributed by atoms with Crippen LogP contribution in [0.3, 0.4) is 0 Å². The van der Waals surface area contributed by atoms with Crippen molar-refractivity contribution in [2.45, 2.75) is 0 Å². The number of phenolic OH excluding ortho intramolecular Hbond substituents is 3. The first-order valence-corrected chi connectivity index (χ1v) is 8.48. The molecule has 2 aromatic rings. The zero-order valence-electron chi connectivity index (χ0n) is 13.0. The van der Waals surface area contributed by atoms with Crippen molar-refractivity contribution in [1.29, 1.82) is 0 Å². The zero-order chi connectivity index (χ0) is 18.8. The minimum absolute atomic E-state index is 0.00832. The second-order valence-electron chi connectivity index (χ2n) is 5.22. The number of hydrogen-bond donors (Lipinski definition) is 4. The lowest BCUT2D eigenvalue weighted by Gasteiger charge is -2.16. The Morgan fingerprint density at radius 1 is 1.08 bits per heavy atom. The fourth-order valence-corrected chi connectivity index (χ4v) is 3.35. The second-order valence-corrected chi connectivity index (χ2v) is 6.90. The average Bonchev–Trinajstić information content (AvgIpc) is 2.86. The zero-order valence-corrected chi connectivity index (χ0v) is 14.7. The van der Waals surface area contributed by atoms with Gasteiger partial charge >= 0.3 is 0 Å². The van der Waals surface area contributed by atoms with Gasteiger partial charge in [-0.1, -0.05) is 30.0 Å². The lowest BCUT2D eigenvalue weighted by Crippen LogP contribution is -2.44. The third-order valence-electron chi connectivity index (χ3n) is 3.45. The van der Waals surface area contributed by atoms with Crippen LogP contribution in [0.1, 0.15) is 15.9 Å². The highest BCUT2D eigenvalue weighted by Crippen LogP contribution is 2.33. The number of thiocarbonyl (C=S) groups is 1. The van der Waals surface area contributed by atoms with E-state index in [0.717, 1.165) is 16.8 Å². The van der Waals surface area contributed by atoms with Crippen LogP contribution in [0.5, 0.6) is 17.2 Å². The molecule has 0 atom stereocenters. The Bertz CT molecular complexity index is 958. The SMILES string of the molecule is O=C(NN1C(=O)C(=Cc2ccc(O)c(O)c2)SC1=S)c1ccccc1O. The van der Waals surface area contributed by atoms with Gasteiger partial charge in [-0.15, -0.1) is 0 Å². The van der Waals surface area contributed by atoms with Gasteiger partial charge in [0.15, 0.2) is 15.8 Å². The molecular weight excluding hydrogens is 376 g/mol. The van der Waals surface area contributed by atoms with Gasteiger partial charge in [-0.25, -0.2) is 0 Å². The number of phenols is 3. The monoisotopic (exact) mass is 388 g/mol. The predicted molar refractivity (Wildman–Crippen MR) is 100 cm³/mol. The molecule has 0 saturated carbocycles. The Morgan fingerprint density at radius 2 is 1.81 bits per heavy atom. The number of rotatable bonds is 3. The quantitative estimate of drug-likeness (QED) is 0.363. The molecule has 9 heteroatoms. The molecule has 132 valence electrons. The number of nitrogens with zero attached hydrogens (tertiary/aromatic N) is 1. The molecule has 1 aliphatic rings. The molecule has 3 rings (SSSR count). The number of para-hydroxylation sites is 1. The number of hydrazine groups is 1. The van der Waals surface area contributed by atoms with Gasteiger partial charge in [0.05, 0.1) is 10.5 Å². The standard InChI is InChI=1S/C17H12N2O5S2/c20-11-4-2-1-3-10(11)15(23)18-19-16(24)14(26-17(19)25)8-9-5-6-12(21)13(22)7-9/h1-8,20-22H,(H,18,23). The first kappa shape index (κ1) is 17.8. The molecule has 0 unspecified atom stereocenters. The van der Waals surface area contributed by atoms with Crippen molar-refractivity contribution in [1.82, 2.24) is 10.4 Å². The van der Waals surface area contributed by atoms with Crippen LogP contribution in [0, 0.1) is 0 Å². The number of carbonyl (C=O) groups excluding carboxylic acids is 2. The van der Waals surface area contributed by atoms with Gasteiger partial charge in [-0.3, -0.25) is 15.0 Å². The minimum atomic E-state index is -0.678. The molecule has 0 radical (unpaired) electrons. The van der Waals surface area contributed by atoms with Crippen molar-refractivity contribution >= 4 is 46.2 Å². The number of amides is 2. The summed E-state index contributed by atoms with van der Waals surface area (Å²) in [5, 5.41) is 29.5. The van der Waals surface area contributed by atoms with E-state index in [4.69, 9.17) is 12.2 Å². The van der Waals surface area contributed by atoms with Crippen LogP contribution in [-0.4, -0.2) is 36.5 Å². The number of aromatic hydroxyl groups is 3. The molecule has 4 N–H and O–H groups in total. The Labute approximate surface area is 157 Å². The van der Waals surface area contributed by atoms with E-state index in [1.807, 2.05) is 0 Å². The van der Waals surface area contributed by atoms with Crippen molar-refractivity contribution in [2.75, 3.05) is 0 Å². The predicted octanol–water partition coefficient (Wildman–Crippen LogP) is 2.35. The number of benzene rings is 2. The molecule has 1 heterocycles. The molecule has 0 bridgehead atoms. The van der Waals surface area contributed by atoms with Gasteiger partial charge < -0.3 is 15.3 Å². The molecular formula is C17H12N2O5S2. The van der Waals surface area contributed by atoms with Crippen LogP contribution >= 0.6 is 24.0 Å². The summed E-state index contributed by atoms with van der Waals surface area (Å²) in [4.78, 5) is 25.0. The van der Waals surface area contributed by atoms with Gasteiger partial charge in [0, 0.05) is 0 Å². The average molecular weight is 388 g/mol. The third-order valence-corrected chi connectivity index (χ3v) is 4.76.